The molecule has 0 unspecified atom stereocenters. The number of benzene rings is 1. The molecule has 0 aliphatic carbocycles. The van der Waals surface area contributed by atoms with Gasteiger partial charge in [0.05, 0.1) is 18.0 Å². The molecule has 1 aromatic heterocycles. The highest BCUT2D eigenvalue weighted by Gasteiger charge is 2.17. The number of hydrogen-bond donors (Lipinski definition) is 1. The highest BCUT2D eigenvalue weighted by Crippen LogP contribution is 2.15. The van der Waals surface area contributed by atoms with Gasteiger partial charge < -0.3 is 10.5 Å². The predicted molar refractivity (Wildman–Crippen MR) is 75.6 cm³/mol. The summed E-state index contributed by atoms with van der Waals surface area (Å²) < 4.78 is 8.59. The lowest BCUT2D eigenvalue weighted by atomic mass is 10.2. The number of hydrogen-bond acceptors (Lipinski definition) is 3. The predicted octanol–water partition coefficient (Wildman–Crippen LogP) is 1.70. The van der Waals surface area contributed by atoms with Crippen LogP contribution in [-0.2, 0) is 17.9 Å². The Morgan fingerprint density at radius 1 is 1.37 bits per heavy atom. The third-order valence-electron chi connectivity index (χ3n) is 3.11. The Kier molecular flexibility index (Phi) is 3.76. The van der Waals surface area contributed by atoms with Gasteiger partial charge in [0, 0.05) is 13.7 Å². The van der Waals surface area contributed by atoms with Crippen molar-refractivity contribution < 1.29 is 4.74 Å². The van der Waals surface area contributed by atoms with Gasteiger partial charge in [-0.1, -0.05) is 12.1 Å². The van der Waals surface area contributed by atoms with Crippen molar-refractivity contribution >= 4 is 5.69 Å². The van der Waals surface area contributed by atoms with E-state index in [-0.39, 0.29) is 11.2 Å². The highest BCUT2D eigenvalue weighted by molar-refractivity contribution is 5.46. The minimum Gasteiger partial charge on any atom is -0.393 e. The Morgan fingerprint density at radius 3 is 2.68 bits per heavy atom. The molecule has 0 fully saturated rings. The fourth-order valence-corrected chi connectivity index (χ4v) is 2.24. The molecule has 1 aromatic carbocycles. The maximum Gasteiger partial charge on any atom is 0.294 e. The van der Waals surface area contributed by atoms with Crippen LogP contribution in [0, 0.1) is 6.92 Å². The first-order valence-electron chi connectivity index (χ1n) is 6.26. The number of nitrogens with zero attached hydrogens (tertiary/aromatic N) is 2. The van der Waals surface area contributed by atoms with Gasteiger partial charge in [-0.05, 0) is 31.5 Å². The van der Waals surface area contributed by atoms with Crippen molar-refractivity contribution in [1.82, 2.24) is 9.36 Å². The fraction of sp³-hybridized carbons (Fsp3) is 0.357. The minimum absolute atomic E-state index is 0.195. The van der Waals surface area contributed by atoms with Crippen molar-refractivity contribution in [1.29, 1.82) is 0 Å². The van der Waals surface area contributed by atoms with Crippen molar-refractivity contribution in [2.45, 2.75) is 27.0 Å². The van der Waals surface area contributed by atoms with E-state index in [0.717, 1.165) is 16.9 Å². The van der Waals surface area contributed by atoms with Gasteiger partial charge in [0.1, 0.15) is 5.69 Å². The molecule has 0 amide bonds. The van der Waals surface area contributed by atoms with Gasteiger partial charge in [-0.25, -0.2) is 4.68 Å². The SMILES string of the molecule is CCn1c(COC)c(N)c(=O)n1-c1cccc(C)c1. The number of ether oxygens (including phenoxy) is 1. The van der Waals surface area contributed by atoms with E-state index >= 15 is 0 Å². The molecule has 0 aliphatic rings. The Hall–Kier alpha value is -2.01. The summed E-state index contributed by atoms with van der Waals surface area (Å²) in [4.78, 5) is 12.3. The summed E-state index contributed by atoms with van der Waals surface area (Å²) in [5, 5.41) is 0. The second-order valence-corrected chi connectivity index (χ2v) is 4.47. The zero-order chi connectivity index (χ0) is 14.0. The third kappa shape index (κ3) is 2.29. The van der Waals surface area contributed by atoms with E-state index in [0.29, 0.717) is 13.2 Å². The molecule has 0 bridgehead atoms. The normalized spacial score (nSPS) is 10.9. The molecule has 0 saturated carbocycles. The molecule has 2 aromatic rings. The molecule has 0 atom stereocenters. The van der Waals surface area contributed by atoms with Gasteiger partial charge in [-0.15, -0.1) is 0 Å². The van der Waals surface area contributed by atoms with Gasteiger partial charge in [-0.2, -0.15) is 0 Å². The second-order valence-electron chi connectivity index (χ2n) is 4.47. The topological polar surface area (TPSA) is 62.2 Å². The summed E-state index contributed by atoms with van der Waals surface area (Å²) in [5.41, 5.74) is 8.60. The van der Waals surface area contributed by atoms with E-state index in [1.807, 2.05) is 42.8 Å². The Balaban J connectivity index is 2.70. The Morgan fingerprint density at radius 2 is 2.11 bits per heavy atom. The van der Waals surface area contributed by atoms with Crippen LogP contribution in [0.5, 0.6) is 0 Å². The van der Waals surface area contributed by atoms with Crippen molar-refractivity contribution in [3.8, 4) is 5.69 Å². The van der Waals surface area contributed by atoms with E-state index in [9.17, 15) is 4.79 Å². The van der Waals surface area contributed by atoms with E-state index in [4.69, 9.17) is 10.5 Å². The molecular formula is C14H19N3O2. The molecule has 0 saturated heterocycles. The molecule has 2 rings (SSSR count). The summed E-state index contributed by atoms with van der Waals surface area (Å²) >= 11 is 0. The lowest BCUT2D eigenvalue weighted by Crippen LogP contribution is -2.22. The molecule has 5 nitrogen and oxygen atoms in total. The average Bonchev–Trinajstić information content (AvgIpc) is 2.63. The minimum atomic E-state index is -0.195. The molecule has 0 aliphatic heterocycles. The van der Waals surface area contributed by atoms with Crippen LogP contribution in [0.2, 0.25) is 0 Å². The molecule has 0 radical (unpaired) electrons. The number of methoxy groups -OCH3 is 1. The number of rotatable bonds is 4. The summed E-state index contributed by atoms with van der Waals surface area (Å²) in [7, 11) is 1.59. The summed E-state index contributed by atoms with van der Waals surface area (Å²) in [6.45, 7) is 4.95. The maximum absolute atomic E-state index is 12.3. The van der Waals surface area contributed by atoms with Crippen molar-refractivity contribution in [2.24, 2.45) is 0 Å². The van der Waals surface area contributed by atoms with Crippen LogP contribution in [0.4, 0.5) is 5.69 Å². The van der Waals surface area contributed by atoms with E-state index in [1.165, 1.54) is 0 Å². The largest absolute Gasteiger partial charge is 0.393 e. The van der Waals surface area contributed by atoms with E-state index in [2.05, 4.69) is 0 Å². The van der Waals surface area contributed by atoms with Crippen LogP contribution in [0.15, 0.2) is 29.1 Å². The van der Waals surface area contributed by atoms with Gasteiger partial charge in [-0.3, -0.25) is 9.48 Å². The maximum atomic E-state index is 12.3. The Labute approximate surface area is 112 Å². The standard InChI is InChI=1S/C14H19N3O2/c1-4-16-12(9-19-3)13(15)14(18)17(16)11-7-5-6-10(2)8-11/h5-8H,4,9,15H2,1-3H3. The fourth-order valence-electron chi connectivity index (χ4n) is 2.24. The highest BCUT2D eigenvalue weighted by atomic mass is 16.5. The van der Waals surface area contributed by atoms with Crippen LogP contribution < -0.4 is 11.3 Å². The molecule has 2 N–H and O–H groups in total. The van der Waals surface area contributed by atoms with Crippen molar-refractivity contribution in [3.05, 3.63) is 45.9 Å². The molecule has 19 heavy (non-hydrogen) atoms. The van der Waals surface area contributed by atoms with Gasteiger partial charge >= 0.3 is 0 Å². The lowest BCUT2D eigenvalue weighted by molar-refractivity contribution is 0.176. The lowest BCUT2D eigenvalue weighted by Gasteiger charge is -2.13. The monoisotopic (exact) mass is 261 g/mol. The number of aromatic nitrogens is 2. The molecule has 1 heterocycles. The van der Waals surface area contributed by atoms with E-state index < -0.39 is 0 Å². The summed E-state index contributed by atoms with van der Waals surface area (Å²) in [6.07, 6.45) is 0. The van der Waals surface area contributed by atoms with Crippen LogP contribution in [0.1, 0.15) is 18.2 Å². The average molecular weight is 261 g/mol. The van der Waals surface area contributed by atoms with Crippen molar-refractivity contribution in [3.63, 3.8) is 0 Å². The zero-order valence-electron chi connectivity index (χ0n) is 11.5. The van der Waals surface area contributed by atoms with Gasteiger partial charge in [0.15, 0.2) is 0 Å². The van der Waals surface area contributed by atoms with Gasteiger partial charge in [0.2, 0.25) is 0 Å². The quantitative estimate of drug-likeness (QED) is 0.911. The summed E-state index contributed by atoms with van der Waals surface area (Å²) in [6, 6.07) is 7.78. The number of nitrogen functional groups attached to an aromatic ring is 1. The first kappa shape index (κ1) is 13.4. The summed E-state index contributed by atoms with van der Waals surface area (Å²) in [5.74, 6) is 0. The molecular weight excluding hydrogens is 242 g/mol. The number of anilines is 1. The van der Waals surface area contributed by atoms with Crippen molar-refractivity contribution in [2.75, 3.05) is 12.8 Å². The Bertz CT molecular complexity index is 641. The zero-order valence-corrected chi connectivity index (χ0v) is 11.5. The first-order chi connectivity index (χ1) is 9.10. The van der Waals surface area contributed by atoms with Crippen LogP contribution in [-0.4, -0.2) is 16.5 Å². The van der Waals surface area contributed by atoms with Crippen LogP contribution in [0.3, 0.4) is 0 Å². The van der Waals surface area contributed by atoms with E-state index in [1.54, 1.807) is 11.8 Å². The number of aryl methyl sites for hydroxylation is 1. The molecule has 0 spiro atoms. The van der Waals surface area contributed by atoms with Gasteiger partial charge in [0.25, 0.3) is 5.56 Å². The third-order valence-corrected chi connectivity index (χ3v) is 3.11. The smallest absolute Gasteiger partial charge is 0.294 e. The second kappa shape index (κ2) is 5.32. The van der Waals surface area contributed by atoms with Crippen LogP contribution in [0.25, 0.3) is 5.69 Å². The molecule has 102 valence electrons. The number of nitrogens with two attached hydrogens (primary N) is 1. The first-order valence-corrected chi connectivity index (χ1v) is 6.26. The van der Waals surface area contributed by atoms with Crippen LogP contribution >= 0.6 is 0 Å². The molecule has 5 heteroatoms.